The fraction of sp³-hybridized carbons (Fsp3) is 0.600. The highest BCUT2D eigenvalue weighted by molar-refractivity contribution is 6.10. The second-order valence-electron chi connectivity index (χ2n) is 5.81. The average molecular weight is 293 g/mol. The Kier molecular flexibility index (Phi) is 7.11. The fourth-order valence-corrected chi connectivity index (χ4v) is 2.59. The standard InChI is InChI=1S/C15H27N5O/c1-4-6-20-10-15(3,11-20)9-18-8-13(2)14(19-12-16)5-7-21-17/h5,7-8,12,16,18H,4,6,9-11,17H2,1-3H3/b7-5+,13-8+,16-12?,19-14-. The van der Waals surface area contributed by atoms with E-state index in [1.54, 1.807) is 6.08 Å². The molecule has 0 amide bonds. The van der Waals surface area contributed by atoms with E-state index in [0.717, 1.165) is 31.5 Å². The van der Waals surface area contributed by atoms with Gasteiger partial charge in [0.15, 0.2) is 0 Å². The predicted molar refractivity (Wildman–Crippen MR) is 87.2 cm³/mol. The highest BCUT2D eigenvalue weighted by Crippen LogP contribution is 2.28. The van der Waals surface area contributed by atoms with E-state index in [1.165, 1.54) is 19.2 Å². The minimum atomic E-state index is 0.334. The second-order valence-corrected chi connectivity index (χ2v) is 5.81. The molecule has 1 saturated heterocycles. The lowest BCUT2D eigenvalue weighted by Gasteiger charge is -2.48. The van der Waals surface area contributed by atoms with Crippen LogP contribution in [0.4, 0.5) is 0 Å². The monoisotopic (exact) mass is 293 g/mol. The molecule has 0 spiro atoms. The van der Waals surface area contributed by atoms with Crippen molar-refractivity contribution in [3.05, 3.63) is 24.1 Å². The number of nitrogens with two attached hydrogens (primary N) is 1. The van der Waals surface area contributed by atoms with E-state index in [4.69, 9.17) is 11.3 Å². The van der Waals surface area contributed by atoms with Crippen LogP contribution in [-0.2, 0) is 4.84 Å². The lowest BCUT2D eigenvalue weighted by molar-refractivity contribution is 0.0190. The van der Waals surface area contributed by atoms with Crippen LogP contribution in [0.15, 0.2) is 29.1 Å². The minimum Gasteiger partial charge on any atom is -0.419 e. The fourth-order valence-electron chi connectivity index (χ4n) is 2.59. The first-order valence-electron chi connectivity index (χ1n) is 7.26. The van der Waals surface area contributed by atoms with Gasteiger partial charge in [-0.3, -0.25) is 5.41 Å². The van der Waals surface area contributed by atoms with E-state index >= 15 is 0 Å². The van der Waals surface area contributed by atoms with Gasteiger partial charge < -0.3 is 15.1 Å². The summed E-state index contributed by atoms with van der Waals surface area (Å²) >= 11 is 0. The molecular weight excluding hydrogens is 266 g/mol. The molecule has 0 radical (unpaired) electrons. The van der Waals surface area contributed by atoms with Gasteiger partial charge in [0.2, 0.25) is 0 Å². The van der Waals surface area contributed by atoms with Crippen molar-refractivity contribution in [3.8, 4) is 0 Å². The maximum Gasteiger partial charge on any atom is 0.113 e. The lowest BCUT2D eigenvalue weighted by atomic mass is 9.82. The quantitative estimate of drug-likeness (QED) is 0.261. The van der Waals surface area contributed by atoms with Crippen LogP contribution < -0.4 is 11.2 Å². The zero-order valence-electron chi connectivity index (χ0n) is 13.2. The average Bonchev–Trinajstić information content (AvgIpc) is 2.42. The number of aliphatic imine (C=N–C) groups is 1. The Bertz CT molecular complexity index is 422. The van der Waals surface area contributed by atoms with Crippen molar-refractivity contribution in [1.82, 2.24) is 10.2 Å². The third kappa shape index (κ3) is 5.69. The zero-order chi connectivity index (χ0) is 15.7. The van der Waals surface area contributed by atoms with Crippen LogP contribution in [0.3, 0.4) is 0 Å². The molecule has 0 atom stereocenters. The molecule has 4 N–H and O–H groups in total. The van der Waals surface area contributed by atoms with Gasteiger partial charge in [-0.25, -0.2) is 4.99 Å². The zero-order valence-corrected chi connectivity index (χ0v) is 13.2. The van der Waals surface area contributed by atoms with Gasteiger partial charge in [0.25, 0.3) is 0 Å². The molecule has 6 nitrogen and oxygen atoms in total. The third-order valence-electron chi connectivity index (χ3n) is 3.51. The van der Waals surface area contributed by atoms with E-state index in [0.29, 0.717) is 11.1 Å². The summed E-state index contributed by atoms with van der Waals surface area (Å²) in [5.41, 5.74) is 1.91. The highest BCUT2D eigenvalue weighted by Gasteiger charge is 2.37. The molecule has 1 aliphatic heterocycles. The molecule has 0 saturated carbocycles. The van der Waals surface area contributed by atoms with E-state index in [2.05, 4.69) is 33.9 Å². The molecule has 0 aromatic rings. The molecule has 0 aliphatic carbocycles. The first-order valence-corrected chi connectivity index (χ1v) is 7.26. The summed E-state index contributed by atoms with van der Waals surface area (Å²) in [6.45, 7) is 10.8. The normalized spacial score (nSPS) is 19.4. The van der Waals surface area contributed by atoms with Gasteiger partial charge in [-0.05, 0) is 25.5 Å². The summed E-state index contributed by atoms with van der Waals surface area (Å²) in [4.78, 5) is 10.8. The first kappa shape index (κ1) is 17.4. The number of nitrogens with one attached hydrogen (secondary N) is 2. The molecule has 1 fully saturated rings. The maximum absolute atomic E-state index is 7.07. The van der Waals surface area contributed by atoms with E-state index in [-0.39, 0.29) is 0 Å². The SMILES string of the molecule is CCCN1CC(C)(CN/C=C(C)/C(/C=C/ON)=N\C=N)C1. The minimum absolute atomic E-state index is 0.334. The van der Waals surface area contributed by atoms with Crippen LogP contribution >= 0.6 is 0 Å². The van der Waals surface area contributed by atoms with Crippen molar-refractivity contribution < 1.29 is 4.84 Å². The van der Waals surface area contributed by atoms with E-state index in [1.807, 2.05) is 13.1 Å². The van der Waals surface area contributed by atoms with Crippen LogP contribution in [0.25, 0.3) is 0 Å². The topological polar surface area (TPSA) is 86.7 Å². The number of hydrogen-bond donors (Lipinski definition) is 3. The highest BCUT2D eigenvalue weighted by atomic mass is 16.6. The van der Waals surface area contributed by atoms with Crippen molar-refractivity contribution in [2.45, 2.75) is 27.2 Å². The molecule has 0 aromatic heterocycles. The summed E-state index contributed by atoms with van der Waals surface area (Å²) in [5.74, 6) is 4.95. The number of likely N-dealkylation sites (tertiary alicyclic amines) is 1. The molecule has 1 rings (SSSR count). The molecule has 118 valence electrons. The molecule has 0 aromatic carbocycles. The van der Waals surface area contributed by atoms with E-state index < -0.39 is 0 Å². The van der Waals surface area contributed by atoms with Crippen molar-refractivity contribution in [1.29, 1.82) is 5.41 Å². The van der Waals surface area contributed by atoms with Gasteiger partial charge in [0.1, 0.15) is 12.6 Å². The Morgan fingerprint density at radius 2 is 2.24 bits per heavy atom. The summed E-state index contributed by atoms with van der Waals surface area (Å²) in [5, 5.41) is 10.4. The molecule has 1 heterocycles. The second kappa shape index (κ2) is 8.59. The Hall–Kier alpha value is -1.66. The van der Waals surface area contributed by atoms with Crippen LogP contribution in [0.2, 0.25) is 0 Å². The molecule has 0 bridgehead atoms. The van der Waals surface area contributed by atoms with Gasteiger partial charge in [0, 0.05) is 37.3 Å². The summed E-state index contributed by atoms with van der Waals surface area (Å²) in [6, 6.07) is 0. The largest absolute Gasteiger partial charge is 0.419 e. The molecular formula is C15H27N5O. The Morgan fingerprint density at radius 3 is 2.81 bits per heavy atom. The molecule has 0 unspecified atom stereocenters. The number of nitrogens with zero attached hydrogens (tertiary/aromatic N) is 2. The summed E-state index contributed by atoms with van der Waals surface area (Å²) < 4.78 is 0. The Labute approximate surface area is 127 Å². The maximum atomic E-state index is 7.07. The molecule has 21 heavy (non-hydrogen) atoms. The summed E-state index contributed by atoms with van der Waals surface area (Å²) in [6.07, 6.45) is 7.12. The number of hydrogen-bond acceptors (Lipinski definition) is 5. The predicted octanol–water partition coefficient (Wildman–Crippen LogP) is 1.66. The first-order chi connectivity index (χ1) is 10.0. The molecule has 6 heteroatoms. The van der Waals surface area contributed by atoms with Crippen LogP contribution in [-0.4, -0.2) is 43.1 Å². The van der Waals surface area contributed by atoms with Crippen molar-refractivity contribution >= 4 is 12.1 Å². The number of rotatable bonds is 9. The Morgan fingerprint density at radius 1 is 1.52 bits per heavy atom. The van der Waals surface area contributed by atoms with Crippen molar-refractivity contribution in [3.63, 3.8) is 0 Å². The van der Waals surface area contributed by atoms with Crippen LogP contribution in [0.1, 0.15) is 27.2 Å². The number of allylic oxidation sites excluding steroid dienone is 2. The van der Waals surface area contributed by atoms with Gasteiger partial charge in [0.05, 0.1) is 5.71 Å². The van der Waals surface area contributed by atoms with Crippen LogP contribution in [0.5, 0.6) is 0 Å². The van der Waals surface area contributed by atoms with Gasteiger partial charge in [-0.2, -0.15) is 5.90 Å². The smallest absolute Gasteiger partial charge is 0.113 e. The third-order valence-corrected chi connectivity index (χ3v) is 3.51. The van der Waals surface area contributed by atoms with Crippen LogP contribution in [0, 0.1) is 10.8 Å². The van der Waals surface area contributed by atoms with E-state index in [9.17, 15) is 0 Å². The van der Waals surface area contributed by atoms with Crippen molar-refractivity contribution in [2.24, 2.45) is 16.3 Å². The lowest BCUT2D eigenvalue weighted by Crippen LogP contribution is -2.58. The molecule has 1 aliphatic rings. The Balaban J connectivity index is 2.46. The van der Waals surface area contributed by atoms with Gasteiger partial charge in [-0.1, -0.05) is 13.8 Å². The summed E-state index contributed by atoms with van der Waals surface area (Å²) in [7, 11) is 0. The van der Waals surface area contributed by atoms with Gasteiger partial charge >= 0.3 is 0 Å². The van der Waals surface area contributed by atoms with Crippen molar-refractivity contribution in [2.75, 3.05) is 26.2 Å². The van der Waals surface area contributed by atoms with Gasteiger partial charge in [-0.15, -0.1) is 0 Å².